The molecule has 1 N–H and O–H groups in total. The first-order valence-corrected chi connectivity index (χ1v) is 7.29. The maximum absolute atomic E-state index is 5.61. The van der Waals surface area contributed by atoms with Crippen molar-refractivity contribution in [1.82, 2.24) is 15.0 Å². The molecule has 1 saturated heterocycles. The summed E-state index contributed by atoms with van der Waals surface area (Å²) in [4.78, 5) is 15.2. The molecule has 0 radical (unpaired) electrons. The van der Waals surface area contributed by atoms with Gasteiger partial charge < -0.3 is 19.7 Å². The topological polar surface area (TPSA) is 72.4 Å². The smallest absolute Gasteiger partial charge is 0.323 e. The summed E-state index contributed by atoms with van der Waals surface area (Å²) in [5.74, 6) is 1.17. The Labute approximate surface area is 125 Å². The second-order valence-electron chi connectivity index (χ2n) is 4.93. The van der Waals surface area contributed by atoms with Gasteiger partial charge in [0.1, 0.15) is 0 Å². The van der Waals surface area contributed by atoms with Crippen LogP contribution in [0.4, 0.5) is 11.9 Å². The highest BCUT2D eigenvalue weighted by Crippen LogP contribution is 2.16. The first kappa shape index (κ1) is 15.5. The van der Waals surface area contributed by atoms with Crippen LogP contribution in [0.5, 0.6) is 6.01 Å². The van der Waals surface area contributed by atoms with E-state index in [1.54, 1.807) is 0 Å². The van der Waals surface area contributed by atoms with Crippen molar-refractivity contribution < 1.29 is 9.47 Å². The summed E-state index contributed by atoms with van der Waals surface area (Å²) in [6.45, 7) is 12.0. The number of nitrogens with zero attached hydrogens (tertiary/aromatic N) is 4. The Morgan fingerprint density at radius 1 is 1.33 bits per heavy atom. The molecule has 2 heterocycles. The standard InChI is InChI=1S/C14H23N5O2/c1-4-15-12-16-13(19-6-9-20-10-7-19)18-14(17-12)21-8-5-11(2)3/h2,4-10H2,1,3H3,(H,15,16,17,18). The van der Waals surface area contributed by atoms with Crippen molar-refractivity contribution in [3.8, 4) is 6.01 Å². The maximum Gasteiger partial charge on any atom is 0.323 e. The third-order valence-corrected chi connectivity index (χ3v) is 2.99. The summed E-state index contributed by atoms with van der Waals surface area (Å²) in [7, 11) is 0. The fourth-order valence-corrected chi connectivity index (χ4v) is 1.87. The van der Waals surface area contributed by atoms with E-state index in [0.29, 0.717) is 37.7 Å². The highest BCUT2D eigenvalue weighted by molar-refractivity contribution is 5.38. The van der Waals surface area contributed by atoms with Gasteiger partial charge in [-0.1, -0.05) is 5.57 Å². The predicted octanol–water partition coefficient (Wildman–Crippen LogP) is 1.48. The van der Waals surface area contributed by atoms with Crippen molar-refractivity contribution in [1.29, 1.82) is 0 Å². The van der Waals surface area contributed by atoms with E-state index in [9.17, 15) is 0 Å². The Bertz CT molecular complexity index is 474. The molecule has 7 heteroatoms. The lowest BCUT2D eigenvalue weighted by molar-refractivity contribution is 0.122. The SMILES string of the molecule is C=C(C)CCOc1nc(NCC)nc(N2CCOCC2)n1. The minimum absolute atomic E-state index is 0.351. The Balaban J connectivity index is 2.10. The monoisotopic (exact) mass is 293 g/mol. The molecule has 116 valence electrons. The number of nitrogens with one attached hydrogen (secondary N) is 1. The van der Waals surface area contributed by atoms with Gasteiger partial charge in [-0.05, 0) is 13.8 Å². The molecule has 0 bridgehead atoms. The van der Waals surface area contributed by atoms with E-state index in [2.05, 4.69) is 31.7 Å². The van der Waals surface area contributed by atoms with Crippen LogP contribution in [0.3, 0.4) is 0 Å². The van der Waals surface area contributed by atoms with Crippen LogP contribution in [0.25, 0.3) is 0 Å². The van der Waals surface area contributed by atoms with Gasteiger partial charge in [-0.15, -0.1) is 6.58 Å². The van der Waals surface area contributed by atoms with Gasteiger partial charge in [-0.3, -0.25) is 0 Å². The number of rotatable bonds is 7. The molecule has 1 fully saturated rings. The Kier molecular flexibility index (Phi) is 5.74. The van der Waals surface area contributed by atoms with E-state index in [1.807, 2.05) is 13.8 Å². The predicted molar refractivity (Wildman–Crippen MR) is 81.9 cm³/mol. The van der Waals surface area contributed by atoms with Gasteiger partial charge in [0.05, 0.1) is 19.8 Å². The molecule has 1 aromatic rings. The number of hydrogen-bond acceptors (Lipinski definition) is 7. The lowest BCUT2D eigenvalue weighted by atomic mass is 10.3. The van der Waals surface area contributed by atoms with Crippen LogP contribution < -0.4 is 15.0 Å². The first-order chi connectivity index (χ1) is 10.2. The lowest BCUT2D eigenvalue weighted by Crippen LogP contribution is -2.37. The summed E-state index contributed by atoms with van der Waals surface area (Å²) >= 11 is 0. The van der Waals surface area contributed by atoms with E-state index in [4.69, 9.17) is 9.47 Å². The molecule has 0 atom stereocenters. The number of morpholine rings is 1. The van der Waals surface area contributed by atoms with Crippen LogP contribution in [0.1, 0.15) is 20.3 Å². The molecule has 0 unspecified atom stereocenters. The zero-order valence-electron chi connectivity index (χ0n) is 12.8. The molecule has 7 nitrogen and oxygen atoms in total. The highest BCUT2D eigenvalue weighted by atomic mass is 16.5. The van der Waals surface area contributed by atoms with Gasteiger partial charge in [0.2, 0.25) is 11.9 Å². The number of hydrogen-bond donors (Lipinski definition) is 1. The summed E-state index contributed by atoms with van der Waals surface area (Å²) in [6.07, 6.45) is 0.787. The summed E-state index contributed by atoms with van der Waals surface area (Å²) in [5, 5.41) is 3.11. The third kappa shape index (κ3) is 4.86. The average Bonchev–Trinajstić information content (AvgIpc) is 2.48. The zero-order chi connectivity index (χ0) is 15.1. The molecule has 0 amide bonds. The van der Waals surface area contributed by atoms with Crippen molar-refractivity contribution >= 4 is 11.9 Å². The summed E-state index contributed by atoms with van der Waals surface area (Å²) in [5.41, 5.74) is 1.07. The van der Waals surface area contributed by atoms with E-state index >= 15 is 0 Å². The number of aromatic nitrogens is 3. The average molecular weight is 293 g/mol. The second kappa shape index (κ2) is 7.78. The van der Waals surface area contributed by atoms with Crippen LogP contribution in [-0.4, -0.2) is 54.4 Å². The van der Waals surface area contributed by atoms with Gasteiger partial charge in [-0.2, -0.15) is 15.0 Å². The van der Waals surface area contributed by atoms with Gasteiger partial charge in [-0.25, -0.2) is 0 Å². The van der Waals surface area contributed by atoms with E-state index in [0.717, 1.165) is 31.6 Å². The normalized spacial score (nSPS) is 14.9. The van der Waals surface area contributed by atoms with E-state index < -0.39 is 0 Å². The van der Waals surface area contributed by atoms with Crippen molar-refractivity contribution in [3.05, 3.63) is 12.2 Å². The number of anilines is 2. The van der Waals surface area contributed by atoms with Gasteiger partial charge in [0.25, 0.3) is 0 Å². The largest absolute Gasteiger partial charge is 0.463 e. The fraction of sp³-hybridized carbons (Fsp3) is 0.643. The Morgan fingerprint density at radius 3 is 2.76 bits per heavy atom. The van der Waals surface area contributed by atoms with Crippen LogP contribution >= 0.6 is 0 Å². The minimum Gasteiger partial charge on any atom is -0.463 e. The van der Waals surface area contributed by atoms with Crippen LogP contribution in [-0.2, 0) is 4.74 Å². The molecule has 0 saturated carbocycles. The van der Waals surface area contributed by atoms with Crippen molar-refractivity contribution in [2.75, 3.05) is 49.7 Å². The van der Waals surface area contributed by atoms with Gasteiger partial charge in [0, 0.05) is 26.1 Å². The maximum atomic E-state index is 5.61. The minimum atomic E-state index is 0.351. The fourth-order valence-electron chi connectivity index (χ4n) is 1.87. The molecule has 21 heavy (non-hydrogen) atoms. The molecule has 0 spiro atoms. The molecular formula is C14H23N5O2. The van der Waals surface area contributed by atoms with Crippen molar-refractivity contribution in [3.63, 3.8) is 0 Å². The van der Waals surface area contributed by atoms with Crippen LogP contribution in [0, 0.1) is 0 Å². The van der Waals surface area contributed by atoms with E-state index in [-0.39, 0.29) is 0 Å². The Hall–Kier alpha value is -1.89. The second-order valence-corrected chi connectivity index (χ2v) is 4.93. The summed E-state index contributed by atoms with van der Waals surface area (Å²) < 4.78 is 11.0. The lowest BCUT2D eigenvalue weighted by Gasteiger charge is -2.27. The molecule has 0 aromatic carbocycles. The third-order valence-electron chi connectivity index (χ3n) is 2.99. The molecule has 1 aliphatic heterocycles. The highest BCUT2D eigenvalue weighted by Gasteiger charge is 2.16. The molecule has 1 aliphatic rings. The van der Waals surface area contributed by atoms with Crippen molar-refractivity contribution in [2.45, 2.75) is 20.3 Å². The summed E-state index contributed by atoms with van der Waals surface area (Å²) in [6, 6.07) is 0.351. The number of ether oxygens (including phenoxy) is 2. The van der Waals surface area contributed by atoms with Crippen LogP contribution in [0.15, 0.2) is 12.2 Å². The zero-order valence-corrected chi connectivity index (χ0v) is 12.8. The molecule has 1 aromatic heterocycles. The molecule has 0 aliphatic carbocycles. The molecule has 2 rings (SSSR count). The van der Waals surface area contributed by atoms with Crippen LogP contribution in [0.2, 0.25) is 0 Å². The van der Waals surface area contributed by atoms with Crippen molar-refractivity contribution in [2.24, 2.45) is 0 Å². The first-order valence-electron chi connectivity index (χ1n) is 7.29. The van der Waals surface area contributed by atoms with Gasteiger partial charge >= 0.3 is 6.01 Å². The molecular weight excluding hydrogens is 270 g/mol. The quantitative estimate of drug-likeness (QED) is 0.763. The van der Waals surface area contributed by atoms with E-state index in [1.165, 1.54) is 0 Å². The van der Waals surface area contributed by atoms with Gasteiger partial charge in [0.15, 0.2) is 0 Å². The Morgan fingerprint density at radius 2 is 2.10 bits per heavy atom.